The zero-order valence-corrected chi connectivity index (χ0v) is 28.9. The molecule has 45 heavy (non-hydrogen) atoms. The average molecular weight is 701 g/mol. The maximum Gasteiger partial charge on any atom is 0.266 e. The van der Waals surface area contributed by atoms with E-state index in [-0.39, 0.29) is 58.7 Å². The number of allylic oxidation sites excluding steroid dienone is 1. The SMILES string of the molecule is C=CC(C)=O.CCCC1NN(C2CCC(C3CCC3)CC2O)C2CCN(C(=O)C3CCC(Br)C4NC(C(F)F)NC34)[C@@H](CC)C12. The normalized spacial score (nSPS) is 41.9. The summed E-state index contributed by atoms with van der Waals surface area (Å²) >= 11 is 3.69. The molecule has 0 bridgehead atoms. The number of ketones is 1. The Balaban J connectivity index is 0.000000743. The van der Waals surface area contributed by atoms with Gasteiger partial charge in [0, 0.05) is 47.5 Å². The number of halogens is 3. The Labute approximate surface area is 277 Å². The largest absolute Gasteiger partial charge is 0.391 e. The molecule has 12 atom stereocenters. The van der Waals surface area contributed by atoms with Gasteiger partial charge in [-0.3, -0.25) is 25.6 Å². The molecule has 3 saturated carbocycles. The van der Waals surface area contributed by atoms with E-state index in [4.69, 9.17) is 0 Å². The Morgan fingerprint density at radius 1 is 1.02 bits per heavy atom. The minimum Gasteiger partial charge on any atom is -0.391 e. The van der Waals surface area contributed by atoms with Gasteiger partial charge in [-0.25, -0.2) is 13.8 Å². The lowest BCUT2D eigenvalue weighted by Crippen LogP contribution is -2.61. The summed E-state index contributed by atoms with van der Waals surface area (Å²) in [5.41, 5.74) is 3.89. The van der Waals surface area contributed by atoms with Crippen molar-refractivity contribution in [3.8, 4) is 0 Å². The number of alkyl halides is 3. The van der Waals surface area contributed by atoms with Crippen LogP contribution in [0.5, 0.6) is 0 Å². The predicted molar refractivity (Wildman–Crippen MR) is 176 cm³/mol. The summed E-state index contributed by atoms with van der Waals surface area (Å²) in [6.07, 6.45) is 10.00. The molecule has 6 aliphatic rings. The standard InChI is InChI=1S/C30H50BrF2N5O2.C4H6O/c1-3-6-20-25-21(4-2)37(30(40)18-10-11-19(31)27-26(18)34-29(35-27)28(32)33)14-13-23(25)38(36-20)22-12-9-17(15-24(22)39)16-7-5-8-16;1-3-4(2)5/h16-29,34-36,39H,3-15H2,1-2H3;3H,1H2,2H3/t17?,18?,19?,20?,21-,22?,23?,24?,25?,26?,27?,29?;/m0./s1. The minimum absolute atomic E-state index is 0.0185. The summed E-state index contributed by atoms with van der Waals surface area (Å²) in [6.45, 7) is 9.79. The van der Waals surface area contributed by atoms with Crippen molar-refractivity contribution in [2.24, 2.45) is 23.7 Å². The van der Waals surface area contributed by atoms with Gasteiger partial charge in [-0.2, -0.15) is 0 Å². The summed E-state index contributed by atoms with van der Waals surface area (Å²) < 4.78 is 27.2. The third-order valence-electron chi connectivity index (χ3n) is 12.0. The van der Waals surface area contributed by atoms with Gasteiger partial charge in [0.15, 0.2) is 5.78 Å². The number of aliphatic hydroxyl groups is 1. The number of hydrogen-bond donors (Lipinski definition) is 4. The molecule has 3 aliphatic carbocycles. The first-order valence-electron chi connectivity index (χ1n) is 17.7. The molecule has 0 spiro atoms. The Morgan fingerprint density at radius 2 is 1.73 bits per heavy atom. The van der Waals surface area contributed by atoms with Gasteiger partial charge in [0.05, 0.1) is 18.1 Å². The number of hydrazine groups is 1. The van der Waals surface area contributed by atoms with E-state index in [1.54, 1.807) is 0 Å². The van der Waals surface area contributed by atoms with Crippen LogP contribution in [-0.2, 0) is 9.59 Å². The van der Waals surface area contributed by atoms with Crippen molar-refractivity contribution in [2.75, 3.05) is 6.54 Å². The third-order valence-corrected chi connectivity index (χ3v) is 13.0. The predicted octanol–water partition coefficient (Wildman–Crippen LogP) is 4.76. The van der Waals surface area contributed by atoms with Crippen molar-refractivity contribution in [1.82, 2.24) is 26.0 Å². The highest BCUT2D eigenvalue weighted by Crippen LogP contribution is 2.46. The van der Waals surface area contributed by atoms with Gasteiger partial charge in [-0.1, -0.05) is 62.0 Å². The Bertz CT molecular complexity index is 1040. The molecule has 3 aliphatic heterocycles. The van der Waals surface area contributed by atoms with Crippen LogP contribution in [0.15, 0.2) is 12.7 Å². The van der Waals surface area contributed by atoms with Crippen molar-refractivity contribution in [1.29, 1.82) is 0 Å². The quantitative estimate of drug-likeness (QED) is 0.215. The van der Waals surface area contributed by atoms with Crippen LogP contribution < -0.4 is 16.1 Å². The number of hydrogen-bond acceptors (Lipinski definition) is 7. The molecule has 11 unspecified atom stereocenters. The molecule has 8 nitrogen and oxygen atoms in total. The van der Waals surface area contributed by atoms with E-state index in [0.717, 1.165) is 50.9 Å². The average Bonchev–Trinajstić information content (AvgIpc) is 3.60. The third kappa shape index (κ3) is 7.38. The molecular weight excluding hydrogens is 644 g/mol. The van der Waals surface area contributed by atoms with E-state index < -0.39 is 12.6 Å². The van der Waals surface area contributed by atoms with Crippen LogP contribution in [0.1, 0.15) is 97.8 Å². The number of fused-ring (bicyclic) bond motifs is 2. The van der Waals surface area contributed by atoms with Crippen LogP contribution in [0, 0.1) is 23.7 Å². The van der Waals surface area contributed by atoms with Crippen molar-refractivity contribution in [3.05, 3.63) is 12.7 Å². The zero-order chi connectivity index (χ0) is 32.4. The van der Waals surface area contributed by atoms with E-state index in [1.807, 2.05) is 0 Å². The lowest BCUT2D eigenvalue weighted by Gasteiger charge is -2.49. The fourth-order valence-electron chi connectivity index (χ4n) is 9.53. The van der Waals surface area contributed by atoms with Gasteiger partial charge in [0.1, 0.15) is 6.17 Å². The number of rotatable bonds is 8. The topological polar surface area (TPSA) is 96.9 Å². The number of amides is 1. The number of nitrogens with zero attached hydrogens (tertiary/aromatic N) is 2. The van der Waals surface area contributed by atoms with Crippen LogP contribution >= 0.6 is 15.9 Å². The van der Waals surface area contributed by atoms with Gasteiger partial charge >= 0.3 is 0 Å². The number of carbonyl (C=O) groups excluding carboxylic acids is 2. The number of likely N-dealkylation sites (tertiary alicyclic amines) is 1. The van der Waals surface area contributed by atoms with Crippen molar-refractivity contribution < 1.29 is 23.5 Å². The Kier molecular flexibility index (Phi) is 12.2. The molecule has 6 fully saturated rings. The molecule has 3 heterocycles. The van der Waals surface area contributed by atoms with Crippen molar-refractivity contribution in [3.63, 3.8) is 0 Å². The molecule has 0 aromatic rings. The molecule has 0 aromatic heterocycles. The van der Waals surface area contributed by atoms with Crippen molar-refractivity contribution >= 4 is 27.6 Å². The summed E-state index contributed by atoms with van der Waals surface area (Å²) in [7, 11) is 0. The molecular formula is C34H56BrF2N5O3. The summed E-state index contributed by atoms with van der Waals surface area (Å²) in [5, 5.41) is 20.0. The second-order valence-corrected chi connectivity index (χ2v) is 15.7. The van der Waals surface area contributed by atoms with Gasteiger partial charge < -0.3 is 10.0 Å². The molecule has 3 saturated heterocycles. The molecule has 6 rings (SSSR count). The number of nitrogens with one attached hydrogen (secondary N) is 3. The molecule has 256 valence electrons. The summed E-state index contributed by atoms with van der Waals surface area (Å²) in [4.78, 5) is 26.2. The van der Waals surface area contributed by atoms with Gasteiger partial charge in [-0.05, 0) is 76.2 Å². The van der Waals surface area contributed by atoms with Crippen LogP contribution in [0.3, 0.4) is 0 Å². The lowest BCUT2D eigenvalue weighted by molar-refractivity contribution is -0.144. The molecule has 0 radical (unpaired) electrons. The van der Waals surface area contributed by atoms with Crippen LogP contribution in [0.25, 0.3) is 0 Å². The highest BCUT2D eigenvalue weighted by atomic mass is 79.9. The number of carbonyl (C=O) groups is 2. The second kappa shape index (κ2) is 15.5. The maximum absolute atomic E-state index is 14.3. The van der Waals surface area contributed by atoms with E-state index in [1.165, 1.54) is 38.7 Å². The Morgan fingerprint density at radius 3 is 2.31 bits per heavy atom. The first-order valence-corrected chi connectivity index (χ1v) is 18.6. The highest BCUT2D eigenvalue weighted by Gasteiger charge is 2.55. The van der Waals surface area contributed by atoms with E-state index in [2.05, 4.69) is 62.3 Å². The summed E-state index contributed by atoms with van der Waals surface area (Å²) in [5.74, 6) is 1.67. The lowest BCUT2D eigenvalue weighted by atomic mass is 9.68. The van der Waals surface area contributed by atoms with Gasteiger partial charge in [-0.15, -0.1) is 0 Å². The molecule has 4 N–H and O–H groups in total. The fraction of sp³-hybridized carbons (Fsp3) is 0.882. The van der Waals surface area contributed by atoms with E-state index in [0.29, 0.717) is 30.8 Å². The minimum atomic E-state index is -2.51. The highest BCUT2D eigenvalue weighted by molar-refractivity contribution is 9.09. The smallest absolute Gasteiger partial charge is 0.266 e. The summed E-state index contributed by atoms with van der Waals surface area (Å²) in [6, 6.07) is 0.390. The van der Waals surface area contributed by atoms with Crippen molar-refractivity contribution in [2.45, 2.75) is 158 Å². The Hall–Kier alpha value is -0.980. The van der Waals surface area contributed by atoms with Crippen LogP contribution in [-0.4, -0.2) is 93.0 Å². The van der Waals surface area contributed by atoms with Crippen LogP contribution in [0.2, 0.25) is 0 Å². The number of aliphatic hydroxyl groups excluding tert-OH is 1. The van der Waals surface area contributed by atoms with E-state index in [9.17, 15) is 23.5 Å². The van der Waals surface area contributed by atoms with E-state index >= 15 is 0 Å². The second-order valence-electron chi connectivity index (χ2n) is 14.5. The maximum atomic E-state index is 14.3. The first-order chi connectivity index (χ1) is 21.6. The monoisotopic (exact) mass is 699 g/mol. The first kappa shape index (κ1) is 35.3. The van der Waals surface area contributed by atoms with Gasteiger partial charge in [0.2, 0.25) is 5.91 Å². The molecule has 0 aromatic carbocycles. The zero-order valence-electron chi connectivity index (χ0n) is 27.4. The molecule has 1 amide bonds. The van der Waals surface area contributed by atoms with Crippen LogP contribution in [0.4, 0.5) is 8.78 Å². The number of piperidine rings is 1. The fourth-order valence-corrected chi connectivity index (χ4v) is 10.3. The molecule has 11 heteroatoms. The van der Waals surface area contributed by atoms with Gasteiger partial charge in [0.25, 0.3) is 6.43 Å².